The molecule has 2 aliphatic heterocycles. The molecule has 1 aliphatic carbocycles. The summed E-state index contributed by atoms with van der Waals surface area (Å²) in [6, 6.07) is 55.1. The Morgan fingerprint density at radius 2 is 0.927 bits per heavy atom. The molecule has 0 fully saturated rings. The normalized spacial score (nSPS) is 16.0. The Hall–Kier alpha value is -5.86. The number of para-hydroxylation sites is 2. The second kappa shape index (κ2) is 11.6. The summed E-state index contributed by atoms with van der Waals surface area (Å²) in [4.78, 5) is 4.99. The molecule has 0 bridgehead atoms. The number of benzene rings is 7. The van der Waals surface area contributed by atoms with Crippen LogP contribution in [0.3, 0.4) is 0 Å². The molecule has 0 N–H and O–H groups in total. The van der Waals surface area contributed by atoms with Gasteiger partial charge in [-0.25, -0.2) is 0 Å². The van der Waals surface area contributed by atoms with Crippen molar-refractivity contribution >= 4 is 34.1 Å². The van der Waals surface area contributed by atoms with Crippen LogP contribution in [0.25, 0.3) is 22.3 Å². The Labute approximate surface area is 326 Å². The third-order valence-corrected chi connectivity index (χ3v) is 13.1. The van der Waals surface area contributed by atoms with Gasteiger partial charge in [0.1, 0.15) is 0 Å². The number of anilines is 6. The van der Waals surface area contributed by atoms with Crippen LogP contribution in [0.4, 0.5) is 34.1 Å². The largest absolute Gasteiger partial charge is 0.310 e. The average Bonchev–Trinajstić information content (AvgIpc) is 3.40. The van der Waals surface area contributed by atoms with E-state index in [1.807, 2.05) is 0 Å². The van der Waals surface area contributed by atoms with E-state index in [0.717, 1.165) is 11.4 Å². The lowest BCUT2D eigenvalue weighted by Crippen LogP contribution is -2.38. The zero-order valence-corrected chi connectivity index (χ0v) is 33.3. The molecule has 7 aromatic carbocycles. The van der Waals surface area contributed by atoms with Crippen LogP contribution >= 0.6 is 0 Å². The summed E-state index contributed by atoms with van der Waals surface area (Å²) >= 11 is 0. The molecule has 0 saturated carbocycles. The maximum Gasteiger partial charge on any atom is 0.0543 e. The molecule has 0 spiro atoms. The van der Waals surface area contributed by atoms with Crippen LogP contribution in [0, 0.1) is 13.8 Å². The van der Waals surface area contributed by atoms with Crippen molar-refractivity contribution in [3.63, 3.8) is 0 Å². The van der Waals surface area contributed by atoms with Gasteiger partial charge >= 0.3 is 0 Å². The number of nitrogens with zero attached hydrogens (tertiary/aromatic N) is 2. The van der Waals surface area contributed by atoms with Gasteiger partial charge in [-0.05, 0) is 135 Å². The number of fused-ring (bicyclic) bond motifs is 7. The van der Waals surface area contributed by atoms with Crippen LogP contribution < -0.4 is 9.80 Å². The van der Waals surface area contributed by atoms with Crippen molar-refractivity contribution in [3.05, 3.63) is 190 Å². The first-order valence-corrected chi connectivity index (χ1v) is 19.8. The van der Waals surface area contributed by atoms with Gasteiger partial charge in [0.2, 0.25) is 0 Å². The molecule has 0 aromatic heterocycles. The Morgan fingerprint density at radius 1 is 0.382 bits per heavy atom. The summed E-state index contributed by atoms with van der Waals surface area (Å²) < 4.78 is 0. The SMILES string of the molecule is Cc1cc(C)cc(N(c2ccc(-c3ccc4c(c3)C(C)(C)c3ccccc3-4)cc2)c2ccc3c(c2)C(C)(C)c2cccc4c2N3c2ccccc2C4(C)C)c1. The standard InChI is InChI=1S/C53H48N2/c1-33-28-34(2)30-39(29-33)54(37-23-20-35(21-24-37)36-22-26-41-40-14-9-10-15-42(40)51(3,4)46(41)31-36)38-25-27-49-47(32-38)53(7,8)45-18-13-17-44-50(45)55(49)48-19-12-11-16-43(48)52(44,5)6/h9-32H,1-8H3. The third-order valence-electron chi connectivity index (χ3n) is 13.1. The molecule has 2 heterocycles. The molecule has 55 heavy (non-hydrogen) atoms. The van der Waals surface area contributed by atoms with Crippen molar-refractivity contribution in [1.82, 2.24) is 0 Å². The van der Waals surface area contributed by atoms with Gasteiger partial charge in [0.05, 0.1) is 17.1 Å². The summed E-state index contributed by atoms with van der Waals surface area (Å²) in [6.07, 6.45) is 0. The van der Waals surface area contributed by atoms with Crippen LogP contribution in [0.15, 0.2) is 146 Å². The van der Waals surface area contributed by atoms with Gasteiger partial charge in [0.15, 0.2) is 0 Å². The summed E-state index contributed by atoms with van der Waals surface area (Å²) in [5.74, 6) is 0. The molecule has 10 rings (SSSR count). The Balaban J connectivity index is 1.10. The molecule has 0 saturated heterocycles. The average molecular weight is 713 g/mol. The highest BCUT2D eigenvalue weighted by atomic mass is 15.2. The van der Waals surface area contributed by atoms with E-state index in [4.69, 9.17) is 0 Å². The fourth-order valence-corrected chi connectivity index (χ4v) is 10.2. The van der Waals surface area contributed by atoms with Gasteiger partial charge in [-0.3, -0.25) is 0 Å². The minimum atomic E-state index is -0.214. The Bertz CT molecular complexity index is 2690. The Morgan fingerprint density at radius 3 is 1.65 bits per heavy atom. The van der Waals surface area contributed by atoms with Crippen molar-refractivity contribution in [2.45, 2.75) is 71.6 Å². The minimum absolute atomic E-state index is 0.0313. The van der Waals surface area contributed by atoms with Crippen LogP contribution in [0.1, 0.15) is 86.1 Å². The highest BCUT2D eigenvalue weighted by molar-refractivity contribution is 5.94. The van der Waals surface area contributed by atoms with Crippen molar-refractivity contribution in [1.29, 1.82) is 0 Å². The van der Waals surface area contributed by atoms with Gasteiger partial charge in [0, 0.05) is 33.3 Å². The second-order valence-corrected chi connectivity index (χ2v) is 17.7. The van der Waals surface area contributed by atoms with E-state index in [1.54, 1.807) is 0 Å². The first-order valence-electron chi connectivity index (χ1n) is 19.8. The maximum atomic E-state index is 2.54. The van der Waals surface area contributed by atoms with E-state index in [1.165, 1.54) is 89.5 Å². The first kappa shape index (κ1) is 33.7. The van der Waals surface area contributed by atoms with Crippen LogP contribution in [-0.2, 0) is 16.2 Å². The quantitative estimate of drug-likeness (QED) is 0.179. The fourth-order valence-electron chi connectivity index (χ4n) is 10.2. The van der Waals surface area contributed by atoms with Gasteiger partial charge in [-0.15, -0.1) is 0 Å². The van der Waals surface area contributed by atoms with E-state index >= 15 is 0 Å². The van der Waals surface area contributed by atoms with Crippen molar-refractivity contribution in [2.75, 3.05) is 9.80 Å². The van der Waals surface area contributed by atoms with Crippen molar-refractivity contribution < 1.29 is 0 Å². The van der Waals surface area contributed by atoms with Crippen LogP contribution in [0.2, 0.25) is 0 Å². The van der Waals surface area contributed by atoms with Gasteiger partial charge in [-0.1, -0.05) is 133 Å². The second-order valence-electron chi connectivity index (χ2n) is 17.7. The highest BCUT2D eigenvalue weighted by Crippen LogP contribution is 2.60. The van der Waals surface area contributed by atoms with E-state index in [2.05, 4.69) is 211 Å². The van der Waals surface area contributed by atoms with Crippen LogP contribution in [0.5, 0.6) is 0 Å². The smallest absolute Gasteiger partial charge is 0.0543 e. The molecular formula is C53H48N2. The molecule has 2 nitrogen and oxygen atoms in total. The van der Waals surface area contributed by atoms with E-state index in [0.29, 0.717) is 0 Å². The lowest BCUT2D eigenvalue weighted by Gasteiger charge is -2.49. The van der Waals surface area contributed by atoms with Crippen molar-refractivity contribution in [2.24, 2.45) is 0 Å². The third kappa shape index (κ3) is 4.80. The summed E-state index contributed by atoms with van der Waals surface area (Å²) in [5.41, 5.74) is 23.0. The van der Waals surface area contributed by atoms with Gasteiger partial charge in [0.25, 0.3) is 0 Å². The molecule has 0 unspecified atom stereocenters. The summed E-state index contributed by atoms with van der Waals surface area (Å²) in [5, 5.41) is 0. The predicted molar refractivity (Wildman–Crippen MR) is 233 cm³/mol. The minimum Gasteiger partial charge on any atom is -0.310 e. The predicted octanol–water partition coefficient (Wildman–Crippen LogP) is 14.5. The summed E-state index contributed by atoms with van der Waals surface area (Å²) in [6.45, 7) is 18.7. The van der Waals surface area contributed by atoms with Crippen LogP contribution in [-0.4, -0.2) is 0 Å². The lowest BCUT2D eigenvalue weighted by molar-refractivity contribution is 0.597. The number of hydrogen-bond donors (Lipinski definition) is 0. The molecule has 270 valence electrons. The number of aryl methyl sites for hydroxylation is 2. The molecule has 0 amide bonds. The highest BCUT2D eigenvalue weighted by Gasteiger charge is 2.45. The van der Waals surface area contributed by atoms with E-state index in [9.17, 15) is 0 Å². The molecule has 3 aliphatic rings. The molecule has 0 atom stereocenters. The Kier molecular flexibility index (Phi) is 7.09. The van der Waals surface area contributed by atoms with Gasteiger partial charge < -0.3 is 9.80 Å². The number of hydrogen-bond acceptors (Lipinski definition) is 2. The summed E-state index contributed by atoms with van der Waals surface area (Å²) in [7, 11) is 0. The zero-order valence-electron chi connectivity index (χ0n) is 33.3. The number of rotatable bonds is 4. The monoisotopic (exact) mass is 712 g/mol. The lowest BCUT2D eigenvalue weighted by atomic mass is 9.66. The molecule has 7 aromatic rings. The molecule has 2 heteroatoms. The molecular weight excluding hydrogens is 665 g/mol. The maximum absolute atomic E-state index is 2.54. The van der Waals surface area contributed by atoms with Gasteiger partial charge in [-0.2, -0.15) is 0 Å². The molecule has 0 radical (unpaired) electrons. The first-order chi connectivity index (χ1) is 26.4. The fraction of sp³-hybridized carbons (Fsp3) is 0.208. The zero-order chi connectivity index (χ0) is 38.0. The van der Waals surface area contributed by atoms with E-state index < -0.39 is 0 Å². The van der Waals surface area contributed by atoms with Crippen molar-refractivity contribution in [3.8, 4) is 22.3 Å². The van der Waals surface area contributed by atoms with E-state index in [-0.39, 0.29) is 16.2 Å². The topological polar surface area (TPSA) is 6.48 Å².